The highest BCUT2D eigenvalue weighted by molar-refractivity contribution is 5.41. The largest absolute Gasteiger partial charge is 0.226 e. The zero-order valence-corrected chi connectivity index (χ0v) is 5.68. The first-order chi connectivity index (χ1) is 3.77. The van der Waals surface area contributed by atoms with Crippen molar-refractivity contribution in [2.75, 3.05) is 6.54 Å². The molecule has 0 spiro atoms. The lowest BCUT2D eigenvalue weighted by Gasteiger charge is -1.85. The summed E-state index contributed by atoms with van der Waals surface area (Å²) in [5.41, 5.74) is 0. The maximum Gasteiger partial charge on any atom is 0.0895 e. The normalized spacial score (nSPS) is 8.50. The lowest BCUT2D eigenvalue weighted by molar-refractivity contribution is 0.840. The molecule has 0 amide bonds. The zero-order valence-electron chi connectivity index (χ0n) is 5.68. The van der Waals surface area contributed by atoms with E-state index < -0.39 is 0 Å². The van der Waals surface area contributed by atoms with E-state index in [1.165, 1.54) is 0 Å². The van der Waals surface area contributed by atoms with E-state index in [1.54, 1.807) is 0 Å². The van der Waals surface area contributed by atoms with Crippen molar-refractivity contribution in [1.29, 1.82) is 0 Å². The number of hydrogen-bond donors (Lipinski definition) is 0. The number of hydrogen-bond acceptors (Lipinski definition) is 2. The van der Waals surface area contributed by atoms with Crippen LogP contribution >= 0.6 is 0 Å². The summed E-state index contributed by atoms with van der Waals surface area (Å²) in [6, 6.07) is 2.91. The van der Waals surface area contributed by atoms with Crippen molar-refractivity contribution in [3.05, 3.63) is 0 Å². The monoisotopic (exact) mass is 112 g/mol. The molecule has 0 aliphatic rings. The Morgan fingerprint density at radius 2 is 2.12 bits per heavy atom. The zero-order chi connectivity index (χ0) is 6.41. The fraction of sp³-hybridized carbons (Fsp3) is 0.833. The first-order valence-corrected chi connectivity index (χ1v) is 2.88. The third-order valence-electron chi connectivity index (χ3n) is 0.545. The Bertz CT molecular complexity index is 99.1. The molecule has 2 nitrogen and oxygen atoms in total. The summed E-state index contributed by atoms with van der Waals surface area (Å²) < 4.78 is 0. The molecule has 0 atom stereocenters. The lowest BCUT2D eigenvalue weighted by Crippen LogP contribution is -1.84. The topological polar surface area (TPSA) is 24.7 Å². The molecule has 0 rings (SSSR count). The van der Waals surface area contributed by atoms with Crippen LogP contribution in [0.5, 0.6) is 0 Å². The Labute approximate surface area is 50.4 Å². The Balaban J connectivity index is 3.47. The second kappa shape index (κ2) is 4.54. The van der Waals surface area contributed by atoms with Crippen LogP contribution in [-0.4, -0.2) is 18.6 Å². The highest BCUT2D eigenvalue weighted by atomic mass is 14.8. The van der Waals surface area contributed by atoms with Crippen molar-refractivity contribution in [2.45, 2.75) is 26.8 Å². The molecule has 46 valence electrons. The molecule has 2 heteroatoms. The molecule has 0 aromatic heterocycles. The van der Waals surface area contributed by atoms with Crippen LogP contribution in [0, 0.1) is 0 Å². The van der Waals surface area contributed by atoms with E-state index in [0.29, 0.717) is 6.04 Å². The molecule has 0 saturated carbocycles. The Morgan fingerprint density at radius 3 is 2.50 bits per heavy atom. The smallest absolute Gasteiger partial charge is 0.0895 e. The molecular weight excluding hydrogens is 100 g/mol. The van der Waals surface area contributed by atoms with Crippen LogP contribution in [0.15, 0.2) is 9.98 Å². The van der Waals surface area contributed by atoms with Crippen LogP contribution in [0.2, 0.25) is 0 Å². The predicted octanol–water partition coefficient (Wildman–Crippen LogP) is 1.59. The summed E-state index contributed by atoms with van der Waals surface area (Å²) >= 11 is 0. The first-order valence-electron chi connectivity index (χ1n) is 2.88. The van der Waals surface area contributed by atoms with E-state index in [2.05, 4.69) is 16.0 Å². The van der Waals surface area contributed by atoms with E-state index in [0.717, 1.165) is 6.54 Å². The molecule has 0 radical (unpaired) electrons. The molecule has 0 unspecified atom stereocenters. The van der Waals surface area contributed by atoms with Crippen molar-refractivity contribution in [3.8, 4) is 0 Å². The summed E-state index contributed by atoms with van der Waals surface area (Å²) in [6.45, 7) is 6.73. The van der Waals surface area contributed by atoms with Crippen LogP contribution in [0.1, 0.15) is 20.8 Å². The van der Waals surface area contributed by atoms with Gasteiger partial charge in [-0.15, -0.1) is 0 Å². The summed E-state index contributed by atoms with van der Waals surface area (Å²) in [5, 5.41) is 0. The minimum atomic E-state index is 0.324. The maximum absolute atomic E-state index is 3.90. The number of aliphatic imine (C=N–C) groups is 2. The van der Waals surface area contributed by atoms with Crippen LogP contribution in [-0.2, 0) is 0 Å². The van der Waals surface area contributed by atoms with Crippen molar-refractivity contribution < 1.29 is 0 Å². The molecule has 0 aliphatic heterocycles. The molecule has 0 aliphatic carbocycles. The highest BCUT2D eigenvalue weighted by Crippen LogP contribution is 1.80. The van der Waals surface area contributed by atoms with Gasteiger partial charge >= 0.3 is 0 Å². The molecule has 0 fully saturated rings. The molecule has 0 heterocycles. The fourth-order valence-corrected chi connectivity index (χ4v) is 0.227. The SMILES string of the molecule is CCN=C=NC(C)C. The summed E-state index contributed by atoms with van der Waals surface area (Å²) in [4.78, 5) is 7.69. The summed E-state index contributed by atoms with van der Waals surface area (Å²) in [6.07, 6.45) is 0. The fourth-order valence-electron chi connectivity index (χ4n) is 0.227. The molecular formula is C6H12N2. The summed E-state index contributed by atoms with van der Waals surface area (Å²) in [5.74, 6) is 0. The van der Waals surface area contributed by atoms with Crippen molar-refractivity contribution in [2.24, 2.45) is 9.98 Å². The molecule has 0 bridgehead atoms. The van der Waals surface area contributed by atoms with E-state index in [9.17, 15) is 0 Å². The average molecular weight is 112 g/mol. The van der Waals surface area contributed by atoms with Gasteiger partial charge in [0.25, 0.3) is 0 Å². The third kappa shape index (κ3) is 5.38. The van der Waals surface area contributed by atoms with Gasteiger partial charge in [-0.2, -0.15) is 0 Å². The van der Waals surface area contributed by atoms with Gasteiger partial charge < -0.3 is 0 Å². The van der Waals surface area contributed by atoms with E-state index >= 15 is 0 Å². The Kier molecular flexibility index (Phi) is 4.19. The average Bonchev–Trinajstić information content (AvgIpc) is 1.66. The van der Waals surface area contributed by atoms with Crippen molar-refractivity contribution in [1.82, 2.24) is 0 Å². The van der Waals surface area contributed by atoms with Crippen LogP contribution < -0.4 is 0 Å². The van der Waals surface area contributed by atoms with Crippen LogP contribution in [0.3, 0.4) is 0 Å². The quantitative estimate of drug-likeness (QED) is 0.485. The van der Waals surface area contributed by atoms with Gasteiger partial charge in [-0.1, -0.05) is 0 Å². The van der Waals surface area contributed by atoms with E-state index in [4.69, 9.17) is 0 Å². The molecule has 8 heavy (non-hydrogen) atoms. The minimum Gasteiger partial charge on any atom is -0.226 e. The maximum atomic E-state index is 3.90. The highest BCUT2D eigenvalue weighted by Gasteiger charge is 1.78. The first kappa shape index (κ1) is 7.38. The van der Waals surface area contributed by atoms with Gasteiger partial charge in [0.1, 0.15) is 0 Å². The van der Waals surface area contributed by atoms with Gasteiger partial charge in [0.05, 0.1) is 12.1 Å². The minimum absolute atomic E-state index is 0.324. The van der Waals surface area contributed by atoms with E-state index in [-0.39, 0.29) is 0 Å². The Morgan fingerprint density at radius 1 is 1.50 bits per heavy atom. The molecule has 0 N–H and O–H groups in total. The second-order valence-corrected chi connectivity index (χ2v) is 1.80. The van der Waals surface area contributed by atoms with Gasteiger partial charge in [0.15, 0.2) is 0 Å². The molecule has 0 saturated heterocycles. The Hall–Kier alpha value is -0.620. The predicted molar refractivity (Wildman–Crippen MR) is 35.5 cm³/mol. The van der Waals surface area contributed by atoms with Gasteiger partial charge in [0, 0.05) is 6.54 Å². The number of nitrogens with zero attached hydrogens (tertiary/aromatic N) is 2. The summed E-state index contributed by atoms with van der Waals surface area (Å²) in [7, 11) is 0. The van der Waals surface area contributed by atoms with Gasteiger partial charge in [-0.25, -0.2) is 9.98 Å². The van der Waals surface area contributed by atoms with Gasteiger partial charge in [-0.3, -0.25) is 0 Å². The molecule has 0 aromatic rings. The number of rotatable bonds is 2. The van der Waals surface area contributed by atoms with Gasteiger partial charge in [0.2, 0.25) is 0 Å². The van der Waals surface area contributed by atoms with Gasteiger partial charge in [-0.05, 0) is 20.8 Å². The second-order valence-electron chi connectivity index (χ2n) is 1.80. The van der Waals surface area contributed by atoms with Crippen LogP contribution in [0.25, 0.3) is 0 Å². The lowest BCUT2D eigenvalue weighted by atomic mass is 10.4. The molecule has 0 aromatic carbocycles. The van der Waals surface area contributed by atoms with Crippen molar-refractivity contribution in [3.63, 3.8) is 0 Å². The third-order valence-corrected chi connectivity index (χ3v) is 0.545. The van der Waals surface area contributed by atoms with E-state index in [1.807, 2.05) is 20.8 Å². The standard InChI is InChI=1S/C6H12N2/c1-4-7-5-8-6(2)3/h6H,4H2,1-3H3. The van der Waals surface area contributed by atoms with Crippen LogP contribution in [0.4, 0.5) is 0 Å². The van der Waals surface area contributed by atoms with Crippen molar-refractivity contribution >= 4 is 6.01 Å².